The van der Waals surface area contributed by atoms with Gasteiger partial charge in [0.2, 0.25) is 0 Å². The molecule has 0 atom stereocenters. The van der Waals surface area contributed by atoms with Crippen LogP contribution in [-0.4, -0.2) is 15.7 Å². The van der Waals surface area contributed by atoms with Gasteiger partial charge in [0.1, 0.15) is 5.69 Å². The number of amides is 1. The van der Waals surface area contributed by atoms with E-state index in [2.05, 4.69) is 10.4 Å². The Morgan fingerprint density at radius 1 is 1.13 bits per heavy atom. The lowest BCUT2D eigenvalue weighted by molar-refractivity contribution is 0.102. The van der Waals surface area contributed by atoms with Crippen LogP contribution in [0.3, 0.4) is 0 Å². The molecule has 0 spiro atoms. The molecule has 2 heterocycles. The van der Waals surface area contributed by atoms with E-state index in [-0.39, 0.29) is 11.4 Å². The lowest BCUT2D eigenvalue weighted by atomic mass is 10.1. The first kappa shape index (κ1) is 15.1. The van der Waals surface area contributed by atoms with Crippen LogP contribution in [0.15, 0.2) is 59.2 Å². The van der Waals surface area contributed by atoms with E-state index in [1.54, 1.807) is 12.3 Å². The van der Waals surface area contributed by atoms with Crippen LogP contribution in [0.1, 0.15) is 31.3 Å². The highest BCUT2D eigenvalue weighted by Gasteiger charge is 2.24. The Morgan fingerprint density at radius 3 is 2.48 bits per heavy atom. The number of carbonyl (C=O) groups excluding carboxylic acids is 1. The van der Waals surface area contributed by atoms with Crippen LogP contribution in [0, 0.1) is 0 Å². The van der Waals surface area contributed by atoms with Crippen molar-refractivity contribution in [2.45, 2.75) is 26.3 Å². The molecule has 0 saturated carbocycles. The molecule has 3 aromatic rings. The van der Waals surface area contributed by atoms with Crippen LogP contribution in [0.5, 0.6) is 0 Å². The van der Waals surface area contributed by atoms with Crippen molar-refractivity contribution in [3.8, 4) is 11.5 Å². The molecule has 0 saturated heterocycles. The van der Waals surface area contributed by atoms with Gasteiger partial charge in [0.05, 0.1) is 11.8 Å². The number of aromatic nitrogens is 2. The van der Waals surface area contributed by atoms with Crippen molar-refractivity contribution in [3.05, 3.63) is 60.5 Å². The van der Waals surface area contributed by atoms with E-state index >= 15 is 0 Å². The van der Waals surface area contributed by atoms with Crippen molar-refractivity contribution in [2.24, 2.45) is 0 Å². The molecule has 1 N–H and O–H groups in total. The first-order chi connectivity index (χ1) is 10.9. The molecular formula is C18H19N3O2. The quantitative estimate of drug-likeness (QED) is 0.790. The van der Waals surface area contributed by atoms with Gasteiger partial charge in [0.15, 0.2) is 11.5 Å². The fourth-order valence-electron chi connectivity index (χ4n) is 2.32. The summed E-state index contributed by atoms with van der Waals surface area (Å²) in [4.78, 5) is 12.5. The number of nitrogens with one attached hydrogen (secondary N) is 1. The summed E-state index contributed by atoms with van der Waals surface area (Å²) in [6, 6.07) is 14.8. The number of benzene rings is 1. The number of hydrogen-bond acceptors (Lipinski definition) is 3. The van der Waals surface area contributed by atoms with Crippen molar-refractivity contribution in [3.63, 3.8) is 0 Å². The number of hydrogen-bond donors (Lipinski definition) is 1. The van der Waals surface area contributed by atoms with Crippen LogP contribution >= 0.6 is 0 Å². The minimum Gasteiger partial charge on any atom is -0.463 e. The third-order valence-corrected chi connectivity index (χ3v) is 3.38. The molecule has 1 aromatic carbocycles. The molecular weight excluding hydrogens is 290 g/mol. The first-order valence-corrected chi connectivity index (χ1v) is 7.46. The van der Waals surface area contributed by atoms with E-state index in [0.29, 0.717) is 11.5 Å². The van der Waals surface area contributed by atoms with Gasteiger partial charge >= 0.3 is 0 Å². The van der Waals surface area contributed by atoms with E-state index in [4.69, 9.17) is 4.42 Å². The molecule has 0 radical (unpaired) electrons. The van der Waals surface area contributed by atoms with Gasteiger partial charge in [-0.1, -0.05) is 18.2 Å². The largest absolute Gasteiger partial charge is 0.463 e. The number of furan rings is 1. The Labute approximate surface area is 134 Å². The molecule has 0 bridgehead atoms. The number of nitrogens with zero attached hydrogens (tertiary/aromatic N) is 2. The van der Waals surface area contributed by atoms with E-state index in [0.717, 1.165) is 11.4 Å². The van der Waals surface area contributed by atoms with Gasteiger partial charge in [-0.15, -0.1) is 0 Å². The fraction of sp³-hybridized carbons (Fsp3) is 0.222. The van der Waals surface area contributed by atoms with Gasteiger partial charge in [0.25, 0.3) is 5.91 Å². The SMILES string of the molecule is CC(C)(C)n1nc(C(=O)Nc2ccccc2)cc1-c1ccco1. The third kappa shape index (κ3) is 3.18. The maximum absolute atomic E-state index is 12.5. The molecule has 0 fully saturated rings. The zero-order valence-corrected chi connectivity index (χ0v) is 13.4. The second-order valence-electron chi connectivity index (χ2n) is 6.29. The van der Waals surface area contributed by atoms with Crippen LogP contribution in [0.2, 0.25) is 0 Å². The minimum atomic E-state index is -0.270. The van der Waals surface area contributed by atoms with Crippen LogP contribution < -0.4 is 5.32 Å². The molecule has 118 valence electrons. The smallest absolute Gasteiger partial charge is 0.276 e. The number of anilines is 1. The maximum Gasteiger partial charge on any atom is 0.276 e. The summed E-state index contributed by atoms with van der Waals surface area (Å²) >= 11 is 0. The molecule has 3 rings (SSSR count). The summed E-state index contributed by atoms with van der Waals surface area (Å²) < 4.78 is 7.29. The van der Waals surface area contributed by atoms with Gasteiger partial charge in [0, 0.05) is 11.8 Å². The lowest BCUT2D eigenvalue weighted by Crippen LogP contribution is -2.25. The average Bonchev–Trinajstić information content (AvgIpc) is 3.17. The maximum atomic E-state index is 12.5. The molecule has 23 heavy (non-hydrogen) atoms. The summed E-state index contributed by atoms with van der Waals surface area (Å²) in [6.45, 7) is 6.10. The van der Waals surface area contributed by atoms with Gasteiger partial charge in [-0.25, -0.2) is 0 Å². The molecule has 0 aliphatic rings. The van der Waals surface area contributed by atoms with Crippen LogP contribution in [0.4, 0.5) is 5.69 Å². The standard InChI is InChI=1S/C18H19N3O2/c1-18(2,3)21-15(16-10-7-11-23-16)12-14(20-21)17(22)19-13-8-5-4-6-9-13/h4-12H,1-3H3,(H,19,22). The molecule has 5 heteroatoms. The van der Waals surface area contributed by atoms with E-state index in [1.165, 1.54) is 0 Å². The van der Waals surface area contributed by atoms with Crippen LogP contribution in [-0.2, 0) is 5.54 Å². The Hall–Kier alpha value is -2.82. The van der Waals surface area contributed by atoms with Crippen molar-refractivity contribution in [1.29, 1.82) is 0 Å². The highest BCUT2D eigenvalue weighted by molar-refractivity contribution is 6.03. The van der Waals surface area contributed by atoms with Gasteiger partial charge in [-0.3, -0.25) is 9.48 Å². The molecule has 0 aliphatic heterocycles. The van der Waals surface area contributed by atoms with Gasteiger partial charge < -0.3 is 9.73 Å². The third-order valence-electron chi connectivity index (χ3n) is 3.38. The Morgan fingerprint density at radius 2 is 1.87 bits per heavy atom. The predicted octanol–water partition coefficient (Wildman–Crippen LogP) is 4.15. The average molecular weight is 309 g/mol. The highest BCUT2D eigenvalue weighted by atomic mass is 16.3. The molecule has 2 aromatic heterocycles. The predicted molar refractivity (Wildman–Crippen MR) is 89.3 cm³/mol. The van der Waals surface area contributed by atoms with Crippen molar-refractivity contribution in [1.82, 2.24) is 9.78 Å². The fourth-order valence-corrected chi connectivity index (χ4v) is 2.32. The zero-order valence-electron chi connectivity index (χ0n) is 13.4. The van der Waals surface area contributed by atoms with Crippen molar-refractivity contribution >= 4 is 11.6 Å². The summed E-state index contributed by atoms with van der Waals surface area (Å²) in [5.41, 5.74) is 1.60. The highest BCUT2D eigenvalue weighted by Crippen LogP contribution is 2.27. The van der Waals surface area contributed by atoms with Crippen molar-refractivity contribution < 1.29 is 9.21 Å². The summed E-state index contributed by atoms with van der Waals surface area (Å²) in [5, 5.41) is 7.33. The first-order valence-electron chi connectivity index (χ1n) is 7.46. The summed E-state index contributed by atoms with van der Waals surface area (Å²) in [7, 11) is 0. The van der Waals surface area contributed by atoms with Gasteiger partial charge in [-0.05, 0) is 45.0 Å². The molecule has 0 aliphatic carbocycles. The summed E-state index contributed by atoms with van der Waals surface area (Å²) in [5.74, 6) is 0.443. The monoisotopic (exact) mass is 309 g/mol. The Kier molecular flexibility index (Phi) is 3.78. The minimum absolute atomic E-state index is 0.244. The normalized spacial score (nSPS) is 11.4. The molecule has 1 amide bonds. The second-order valence-corrected chi connectivity index (χ2v) is 6.29. The number of para-hydroxylation sites is 1. The Bertz CT molecular complexity index is 797. The van der Waals surface area contributed by atoms with Gasteiger partial charge in [-0.2, -0.15) is 5.10 Å². The molecule has 0 unspecified atom stereocenters. The van der Waals surface area contributed by atoms with E-state index in [1.807, 2.05) is 67.9 Å². The van der Waals surface area contributed by atoms with E-state index < -0.39 is 0 Å². The summed E-state index contributed by atoms with van der Waals surface area (Å²) in [6.07, 6.45) is 1.61. The second kappa shape index (κ2) is 5.76. The zero-order chi connectivity index (χ0) is 16.4. The Balaban J connectivity index is 1.96. The lowest BCUT2D eigenvalue weighted by Gasteiger charge is -2.21. The topological polar surface area (TPSA) is 60.1 Å². The molecule has 5 nitrogen and oxygen atoms in total. The van der Waals surface area contributed by atoms with Crippen LogP contribution in [0.25, 0.3) is 11.5 Å². The number of rotatable bonds is 3. The van der Waals surface area contributed by atoms with Crippen molar-refractivity contribution in [2.75, 3.05) is 5.32 Å². The number of carbonyl (C=O) groups is 1. The van der Waals surface area contributed by atoms with E-state index in [9.17, 15) is 4.79 Å².